The quantitative estimate of drug-likeness (QED) is 0.470. The van der Waals surface area contributed by atoms with E-state index in [2.05, 4.69) is 9.97 Å². The zero-order chi connectivity index (χ0) is 21.5. The summed E-state index contributed by atoms with van der Waals surface area (Å²) in [6, 6.07) is 11.2. The van der Waals surface area contributed by atoms with E-state index in [1.54, 1.807) is 24.3 Å². The molecule has 8 heteroatoms. The van der Waals surface area contributed by atoms with Crippen molar-refractivity contribution in [3.63, 3.8) is 0 Å². The topological polar surface area (TPSA) is 77.7 Å². The fraction of sp³-hybridized carbons (Fsp3) is 0.261. The van der Waals surface area contributed by atoms with Crippen molar-refractivity contribution >= 4 is 27.5 Å². The number of aromatic nitrogens is 2. The summed E-state index contributed by atoms with van der Waals surface area (Å²) in [7, 11) is 1.78. The summed E-state index contributed by atoms with van der Waals surface area (Å²) in [5, 5.41) is 0.920. The number of carbonyl (C=O) groups excluding carboxylic acids is 1. The lowest BCUT2D eigenvalue weighted by Crippen LogP contribution is -2.41. The number of nitrogens with zero attached hydrogens (tertiary/aromatic N) is 3. The average Bonchev–Trinajstić information content (AvgIpc) is 3.41. The Balaban J connectivity index is 1.39. The molecule has 0 fully saturated rings. The lowest BCUT2D eigenvalue weighted by atomic mass is 10.1. The van der Waals surface area contributed by atoms with Crippen molar-refractivity contribution in [2.75, 3.05) is 20.2 Å². The highest BCUT2D eigenvalue weighted by molar-refractivity contribution is 7.20. The van der Waals surface area contributed by atoms with Gasteiger partial charge in [-0.2, -0.15) is 0 Å². The molecule has 0 unspecified atom stereocenters. The minimum Gasteiger partial charge on any atom is -0.486 e. The molecule has 7 nitrogen and oxygen atoms in total. The first kappa shape index (κ1) is 19.6. The highest BCUT2D eigenvalue weighted by Gasteiger charge is 2.27. The van der Waals surface area contributed by atoms with Crippen molar-refractivity contribution < 1.29 is 18.7 Å². The molecular formula is C23H21N3O4S. The fourth-order valence-electron chi connectivity index (χ4n) is 3.77. The Kier molecular flexibility index (Phi) is 4.86. The number of rotatable bonds is 4. The molecule has 158 valence electrons. The predicted octanol–water partition coefficient (Wildman–Crippen LogP) is 4.48. The number of fused-ring (bicyclic) bond motifs is 2. The van der Waals surface area contributed by atoms with E-state index in [-0.39, 0.29) is 12.0 Å². The largest absolute Gasteiger partial charge is 0.486 e. The van der Waals surface area contributed by atoms with Crippen LogP contribution in [0.5, 0.6) is 11.5 Å². The van der Waals surface area contributed by atoms with Crippen LogP contribution >= 0.6 is 11.3 Å². The number of para-hydroxylation sites is 2. The molecule has 31 heavy (non-hydrogen) atoms. The number of benzene rings is 1. The Morgan fingerprint density at radius 3 is 2.74 bits per heavy atom. The molecule has 4 heterocycles. The second-order valence-corrected chi connectivity index (χ2v) is 8.53. The molecule has 0 saturated carbocycles. The van der Waals surface area contributed by atoms with Gasteiger partial charge in [-0.25, -0.2) is 9.97 Å². The van der Waals surface area contributed by atoms with Gasteiger partial charge in [-0.05, 0) is 43.7 Å². The van der Waals surface area contributed by atoms with Gasteiger partial charge in [0.05, 0.1) is 23.4 Å². The minimum atomic E-state index is -0.231. The number of hydrogen-bond donors (Lipinski definition) is 0. The van der Waals surface area contributed by atoms with Gasteiger partial charge in [0, 0.05) is 12.4 Å². The van der Waals surface area contributed by atoms with Gasteiger partial charge in [-0.3, -0.25) is 4.79 Å². The molecule has 4 aromatic rings. The van der Waals surface area contributed by atoms with Gasteiger partial charge in [0.2, 0.25) is 0 Å². The zero-order valence-electron chi connectivity index (χ0n) is 17.4. The standard InChI is InChI=1S/C23H21N3O4S/c1-13-19-14(2)24-21(18-9-6-10-28-18)25-22(19)31-20(13)23(27)26(3)11-15-12-29-16-7-4-5-8-17(16)30-15/h4-10,15H,11-12H2,1-3H3/t15-/m1/s1. The van der Waals surface area contributed by atoms with Gasteiger partial charge in [0.15, 0.2) is 29.2 Å². The number of furan rings is 1. The molecule has 0 saturated heterocycles. The van der Waals surface area contributed by atoms with Gasteiger partial charge in [0.25, 0.3) is 5.91 Å². The van der Waals surface area contributed by atoms with Gasteiger partial charge in [-0.15, -0.1) is 11.3 Å². The monoisotopic (exact) mass is 435 g/mol. The fourth-order valence-corrected chi connectivity index (χ4v) is 5.00. The maximum Gasteiger partial charge on any atom is 0.264 e. The maximum atomic E-state index is 13.3. The molecule has 1 aliphatic rings. The van der Waals surface area contributed by atoms with Gasteiger partial charge in [0.1, 0.15) is 11.4 Å². The summed E-state index contributed by atoms with van der Waals surface area (Å²) < 4.78 is 17.2. The Hall–Kier alpha value is -3.39. The van der Waals surface area contributed by atoms with Crippen LogP contribution in [0.1, 0.15) is 20.9 Å². The van der Waals surface area contributed by atoms with Crippen molar-refractivity contribution in [2.24, 2.45) is 0 Å². The maximum absolute atomic E-state index is 13.3. The first-order chi connectivity index (χ1) is 15.0. The molecule has 1 atom stereocenters. The molecule has 0 bridgehead atoms. The Bertz CT molecular complexity index is 1270. The molecule has 1 amide bonds. The number of hydrogen-bond acceptors (Lipinski definition) is 7. The number of amides is 1. The summed E-state index contributed by atoms with van der Waals surface area (Å²) in [5.74, 6) is 2.50. The lowest BCUT2D eigenvalue weighted by molar-refractivity contribution is 0.0523. The number of likely N-dealkylation sites (N-methyl/N-ethyl adjacent to an activating group) is 1. The summed E-state index contributed by atoms with van der Waals surface area (Å²) in [5.41, 5.74) is 1.72. The zero-order valence-corrected chi connectivity index (χ0v) is 18.2. The van der Waals surface area contributed by atoms with Crippen LogP contribution in [0.25, 0.3) is 21.8 Å². The molecule has 0 spiro atoms. The predicted molar refractivity (Wildman–Crippen MR) is 118 cm³/mol. The van der Waals surface area contributed by atoms with Crippen LogP contribution in [-0.4, -0.2) is 47.1 Å². The normalized spacial score (nSPS) is 15.3. The third-order valence-corrected chi connectivity index (χ3v) is 6.47. The van der Waals surface area contributed by atoms with Crippen LogP contribution in [0, 0.1) is 13.8 Å². The minimum absolute atomic E-state index is 0.0677. The number of aryl methyl sites for hydroxylation is 2. The first-order valence-corrected chi connectivity index (χ1v) is 10.8. The molecule has 3 aromatic heterocycles. The lowest BCUT2D eigenvalue weighted by Gasteiger charge is -2.29. The summed E-state index contributed by atoms with van der Waals surface area (Å²) >= 11 is 1.38. The molecule has 5 rings (SSSR count). The first-order valence-electron chi connectivity index (χ1n) is 9.97. The van der Waals surface area contributed by atoms with E-state index in [0.29, 0.717) is 35.4 Å². The van der Waals surface area contributed by atoms with E-state index >= 15 is 0 Å². The molecule has 0 N–H and O–H groups in total. The van der Waals surface area contributed by atoms with E-state index in [1.165, 1.54) is 11.3 Å². The van der Waals surface area contributed by atoms with Crippen LogP contribution in [-0.2, 0) is 0 Å². The highest BCUT2D eigenvalue weighted by Crippen LogP contribution is 2.34. The van der Waals surface area contributed by atoms with Crippen molar-refractivity contribution in [3.05, 3.63) is 58.8 Å². The third-order valence-electron chi connectivity index (χ3n) is 5.30. The van der Waals surface area contributed by atoms with E-state index in [0.717, 1.165) is 27.2 Å². The second kappa shape index (κ2) is 7.70. The Labute approximate surface area is 183 Å². The van der Waals surface area contributed by atoms with Crippen molar-refractivity contribution in [1.82, 2.24) is 14.9 Å². The van der Waals surface area contributed by atoms with Crippen LogP contribution < -0.4 is 9.47 Å². The summed E-state index contributed by atoms with van der Waals surface area (Å²) in [6.45, 7) is 4.69. The molecule has 1 aliphatic heterocycles. The van der Waals surface area contributed by atoms with Crippen molar-refractivity contribution in [1.29, 1.82) is 0 Å². The van der Waals surface area contributed by atoms with Gasteiger partial charge in [-0.1, -0.05) is 12.1 Å². The third kappa shape index (κ3) is 3.53. The SMILES string of the molecule is Cc1nc(-c2ccco2)nc2sc(C(=O)N(C)C[C@@H]3COc4ccccc4O3)c(C)c12. The van der Waals surface area contributed by atoms with Gasteiger partial charge < -0.3 is 18.8 Å². The molecular weight excluding hydrogens is 414 g/mol. The molecule has 0 aliphatic carbocycles. The average molecular weight is 436 g/mol. The van der Waals surface area contributed by atoms with Crippen LogP contribution in [0.15, 0.2) is 47.1 Å². The Morgan fingerprint density at radius 2 is 1.97 bits per heavy atom. The van der Waals surface area contributed by atoms with E-state index in [9.17, 15) is 4.79 Å². The van der Waals surface area contributed by atoms with E-state index in [4.69, 9.17) is 13.9 Å². The second-order valence-electron chi connectivity index (χ2n) is 7.53. The van der Waals surface area contributed by atoms with Crippen molar-refractivity contribution in [2.45, 2.75) is 20.0 Å². The van der Waals surface area contributed by atoms with E-state index in [1.807, 2.05) is 44.2 Å². The van der Waals surface area contributed by atoms with E-state index < -0.39 is 0 Å². The van der Waals surface area contributed by atoms with Crippen LogP contribution in [0.4, 0.5) is 0 Å². The number of carbonyl (C=O) groups is 1. The summed E-state index contributed by atoms with van der Waals surface area (Å²) in [6.07, 6.45) is 1.36. The van der Waals surface area contributed by atoms with Crippen molar-refractivity contribution in [3.8, 4) is 23.1 Å². The summed E-state index contributed by atoms with van der Waals surface area (Å²) in [4.78, 5) is 25.6. The number of thiophene rings is 1. The molecule has 0 radical (unpaired) electrons. The van der Waals surface area contributed by atoms with Crippen LogP contribution in [0.2, 0.25) is 0 Å². The Morgan fingerprint density at radius 1 is 1.16 bits per heavy atom. The number of ether oxygens (including phenoxy) is 2. The highest BCUT2D eigenvalue weighted by atomic mass is 32.1. The van der Waals surface area contributed by atoms with Crippen LogP contribution in [0.3, 0.4) is 0 Å². The molecule has 1 aromatic carbocycles. The van der Waals surface area contributed by atoms with Gasteiger partial charge >= 0.3 is 0 Å². The smallest absolute Gasteiger partial charge is 0.264 e.